The minimum atomic E-state index is -0.307. The van der Waals surface area contributed by atoms with E-state index in [0.717, 1.165) is 16.9 Å². The maximum atomic E-state index is 12.4. The van der Waals surface area contributed by atoms with Gasteiger partial charge in [-0.2, -0.15) is 5.26 Å². The van der Waals surface area contributed by atoms with Gasteiger partial charge in [0.25, 0.3) is 5.91 Å². The Bertz CT molecular complexity index is 990. The van der Waals surface area contributed by atoms with Gasteiger partial charge in [-0.05, 0) is 61.4 Å². The number of aromatic nitrogens is 2. The van der Waals surface area contributed by atoms with E-state index in [-0.39, 0.29) is 11.6 Å². The second-order valence-electron chi connectivity index (χ2n) is 5.86. The molecule has 0 spiro atoms. The van der Waals surface area contributed by atoms with Crippen molar-refractivity contribution in [3.05, 3.63) is 77.2 Å². The number of nitrogens with one attached hydrogen (secondary N) is 2. The van der Waals surface area contributed by atoms with Crippen molar-refractivity contribution in [3.63, 3.8) is 0 Å². The summed E-state index contributed by atoms with van der Waals surface area (Å²) in [5, 5.41) is 14.8. The lowest BCUT2D eigenvalue weighted by molar-refractivity contribution is 0.102. The Morgan fingerprint density at radius 1 is 0.962 bits per heavy atom. The largest absolute Gasteiger partial charge is 0.340 e. The van der Waals surface area contributed by atoms with Crippen molar-refractivity contribution in [2.24, 2.45) is 0 Å². The van der Waals surface area contributed by atoms with Crippen LogP contribution in [0.25, 0.3) is 0 Å². The van der Waals surface area contributed by atoms with Crippen molar-refractivity contribution >= 4 is 23.1 Å². The molecule has 0 saturated heterocycles. The highest BCUT2D eigenvalue weighted by Crippen LogP contribution is 2.17. The predicted molar refractivity (Wildman–Crippen MR) is 100 cm³/mol. The molecular formula is C20H17N5O. The number of carbonyl (C=O) groups excluding carboxylic acids is 1. The number of aryl methyl sites for hydroxylation is 2. The van der Waals surface area contributed by atoms with E-state index in [1.165, 1.54) is 11.9 Å². The van der Waals surface area contributed by atoms with Crippen molar-refractivity contribution < 1.29 is 4.79 Å². The monoisotopic (exact) mass is 343 g/mol. The SMILES string of the molecule is Cc1ccc(NC(=O)c2cc(Nc3ccc(C#N)cc3)ncn2)cc1C. The summed E-state index contributed by atoms with van der Waals surface area (Å²) in [4.78, 5) is 20.6. The standard InChI is InChI=1S/C20H17N5O/c1-13-3-6-17(9-14(13)2)25-20(26)18-10-19(23-12-22-18)24-16-7-4-15(11-21)5-8-16/h3-10,12H,1-2H3,(H,25,26)(H,22,23,24). The summed E-state index contributed by atoms with van der Waals surface area (Å²) >= 11 is 0. The first-order valence-corrected chi connectivity index (χ1v) is 8.03. The van der Waals surface area contributed by atoms with Gasteiger partial charge in [0.15, 0.2) is 0 Å². The number of benzene rings is 2. The molecule has 6 heteroatoms. The van der Waals surface area contributed by atoms with Gasteiger partial charge in [0, 0.05) is 17.4 Å². The second-order valence-corrected chi connectivity index (χ2v) is 5.86. The van der Waals surface area contributed by atoms with Gasteiger partial charge in [-0.1, -0.05) is 6.07 Å². The molecule has 0 aliphatic heterocycles. The molecule has 1 heterocycles. The predicted octanol–water partition coefficient (Wildman–Crippen LogP) is 3.96. The zero-order valence-corrected chi connectivity index (χ0v) is 14.4. The lowest BCUT2D eigenvalue weighted by Crippen LogP contribution is -2.14. The van der Waals surface area contributed by atoms with Crippen LogP contribution < -0.4 is 10.6 Å². The normalized spacial score (nSPS) is 10.0. The average Bonchev–Trinajstić information content (AvgIpc) is 2.65. The van der Waals surface area contributed by atoms with Crippen LogP contribution in [0.3, 0.4) is 0 Å². The average molecular weight is 343 g/mol. The number of carbonyl (C=O) groups is 1. The van der Waals surface area contributed by atoms with Crippen LogP contribution in [-0.2, 0) is 0 Å². The van der Waals surface area contributed by atoms with E-state index >= 15 is 0 Å². The lowest BCUT2D eigenvalue weighted by Gasteiger charge is -2.09. The Hall–Kier alpha value is -3.72. The number of hydrogen-bond donors (Lipinski definition) is 2. The zero-order valence-electron chi connectivity index (χ0n) is 14.4. The van der Waals surface area contributed by atoms with E-state index in [4.69, 9.17) is 5.26 Å². The van der Waals surface area contributed by atoms with Crippen molar-refractivity contribution in [2.45, 2.75) is 13.8 Å². The summed E-state index contributed by atoms with van der Waals surface area (Å²) in [7, 11) is 0. The highest BCUT2D eigenvalue weighted by molar-refractivity contribution is 6.03. The fourth-order valence-corrected chi connectivity index (χ4v) is 2.34. The first-order valence-electron chi connectivity index (χ1n) is 8.03. The van der Waals surface area contributed by atoms with Crippen LogP contribution in [0.15, 0.2) is 54.9 Å². The Morgan fingerprint density at radius 2 is 1.69 bits per heavy atom. The summed E-state index contributed by atoms with van der Waals surface area (Å²) in [6, 6.07) is 16.3. The number of amides is 1. The Kier molecular flexibility index (Phi) is 4.90. The van der Waals surface area contributed by atoms with E-state index in [1.54, 1.807) is 30.3 Å². The van der Waals surface area contributed by atoms with Crippen molar-refractivity contribution in [1.82, 2.24) is 9.97 Å². The quantitative estimate of drug-likeness (QED) is 0.748. The van der Waals surface area contributed by atoms with E-state index in [2.05, 4.69) is 26.7 Å². The van der Waals surface area contributed by atoms with Gasteiger partial charge in [0.1, 0.15) is 17.8 Å². The molecule has 3 aromatic rings. The molecule has 0 aliphatic carbocycles. The molecule has 0 atom stereocenters. The Morgan fingerprint density at radius 3 is 2.38 bits per heavy atom. The van der Waals surface area contributed by atoms with Crippen LogP contribution in [-0.4, -0.2) is 15.9 Å². The molecule has 2 N–H and O–H groups in total. The highest BCUT2D eigenvalue weighted by atomic mass is 16.1. The summed E-state index contributed by atoms with van der Waals surface area (Å²) < 4.78 is 0. The van der Waals surface area contributed by atoms with Gasteiger partial charge in [-0.25, -0.2) is 9.97 Å². The van der Waals surface area contributed by atoms with E-state index < -0.39 is 0 Å². The molecule has 26 heavy (non-hydrogen) atoms. The van der Waals surface area contributed by atoms with Gasteiger partial charge >= 0.3 is 0 Å². The maximum Gasteiger partial charge on any atom is 0.274 e. The number of rotatable bonds is 4. The first-order chi connectivity index (χ1) is 12.5. The molecule has 6 nitrogen and oxygen atoms in total. The summed E-state index contributed by atoms with van der Waals surface area (Å²) in [6.45, 7) is 4.02. The molecule has 0 radical (unpaired) electrons. The van der Waals surface area contributed by atoms with E-state index in [1.807, 2.05) is 32.0 Å². The molecule has 128 valence electrons. The van der Waals surface area contributed by atoms with Crippen molar-refractivity contribution in [1.29, 1.82) is 5.26 Å². The minimum Gasteiger partial charge on any atom is -0.340 e. The number of nitrogens with zero attached hydrogens (tertiary/aromatic N) is 3. The van der Waals surface area contributed by atoms with E-state index in [0.29, 0.717) is 11.4 Å². The first kappa shape index (κ1) is 17.1. The van der Waals surface area contributed by atoms with Crippen molar-refractivity contribution in [2.75, 3.05) is 10.6 Å². The molecule has 0 fully saturated rings. The summed E-state index contributed by atoms with van der Waals surface area (Å²) in [5.41, 5.74) is 4.59. The summed E-state index contributed by atoms with van der Waals surface area (Å²) in [6.07, 6.45) is 1.33. The number of hydrogen-bond acceptors (Lipinski definition) is 5. The molecule has 0 bridgehead atoms. The third-order valence-corrected chi connectivity index (χ3v) is 3.95. The van der Waals surface area contributed by atoms with Gasteiger partial charge in [-0.15, -0.1) is 0 Å². The highest BCUT2D eigenvalue weighted by Gasteiger charge is 2.10. The smallest absolute Gasteiger partial charge is 0.274 e. The number of anilines is 3. The molecule has 0 aliphatic rings. The van der Waals surface area contributed by atoms with Crippen LogP contribution in [0.1, 0.15) is 27.2 Å². The van der Waals surface area contributed by atoms with Gasteiger partial charge in [0.2, 0.25) is 0 Å². The molecular weight excluding hydrogens is 326 g/mol. The lowest BCUT2D eigenvalue weighted by atomic mass is 10.1. The Balaban J connectivity index is 1.74. The van der Waals surface area contributed by atoms with E-state index in [9.17, 15) is 4.79 Å². The fourth-order valence-electron chi connectivity index (χ4n) is 2.34. The molecule has 1 amide bonds. The molecule has 1 aromatic heterocycles. The second kappa shape index (κ2) is 7.45. The molecule has 0 unspecified atom stereocenters. The fraction of sp³-hybridized carbons (Fsp3) is 0.100. The maximum absolute atomic E-state index is 12.4. The van der Waals surface area contributed by atoms with Crippen LogP contribution in [0.5, 0.6) is 0 Å². The molecule has 2 aromatic carbocycles. The van der Waals surface area contributed by atoms with Crippen LogP contribution in [0, 0.1) is 25.2 Å². The molecule has 3 rings (SSSR count). The van der Waals surface area contributed by atoms with Crippen LogP contribution in [0.2, 0.25) is 0 Å². The Labute approximate surface area is 151 Å². The summed E-state index contributed by atoms with van der Waals surface area (Å²) in [5.74, 6) is 0.188. The topological polar surface area (TPSA) is 90.7 Å². The zero-order chi connectivity index (χ0) is 18.5. The number of nitriles is 1. The van der Waals surface area contributed by atoms with Gasteiger partial charge in [-0.3, -0.25) is 4.79 Å². The van der Waals surface area contributed by atoms with Gasteiger partial charge in [0.05, 0.1) is 11.6 Å². The van der Waals surface area contributed by atoms with Crippen LogP contribution >= 0.6 is 0 Å². The van der Waals surface area contributed by atoms with Gasteiger partial charge < -0.3 is 10.6 Å². The third-order valence-electron chi connectivity index (χ3n) is 3.95. The van der Waals surface area contributed by atoms with Crippen molar-refractivity contribution in [3.8, 4) is 6.07 Å². The van der Waals surface area contributed by atoms with Crippen LogP contribution in [0.4, 0.5) is 17.2 Å². The minimum absolute atomic E-state index is 0.259. The molecule has 0 saturated carbocycles. The third kappa shape index (κ3) is 4.02.